The van der Waals surface area contributed by atoms with Crippen LogP contribution in [-0.4, -0.2) is 37.6 Å². The molecule has 1 aliphatic carbocycles. The number of fused-ring (bicyclic) bond motifs is 1. The summed E-state index contributed by atoms with van der Waals surface area (Å²) < 4.78 is 11.1. The van der Waals surface area contributed by atoms with Crippen LogP contribution in [0, 0.1) is 5.92 Å². The number of nitrogens with two attached hydrogens (primary N) is 1. The van der Waals surface area contributed by atoms with E-state index >= 15 is 0 Å². The van der Waals surface area contributed by atoms with Gasteiger partial charge in [0.1, 0.15) is 11.4 Å². The van der Waals surface area contributed by atoms with Crippen LogP contribution in [0.25, 0.3) is 0 Å². The van der Waals surface area contributed by atoms with E-state index in [1.54, 1.807) is 7.11 Å². The molecule has 20 heavy (non-hydrogen) atoms. The highest BCUT2D eigenvalue weighted by Crippen LogP contribution is 2.54. The Bertz CT molecular complexity index is 488. The Morgan fingerprint density at radius 1 is 1.45 bits per heavy atom. The molecule has 1 aromatic carbocycles. The van der Waals surface area contributed by atoms with Crippen LogP contribution in [0.2, 0.25) is 0 Å². The van der Waals surface area contributed by atoms with Crippen LogP contribution in [0.15, 0.2) is 24.3 Å². The highest BCUT2D eigenvalue weighted by molar-refractivity contribution is 5.45. The molecule has 1 aliphatic heterocycles. The van der Waals surface area contributed by atoms with E-state index in [0.29, 0.717) is 19.8 Å². The summed E-state index contributed by atoms with van der Waals surface area (Å²) in [4.78, 5) is 0. The van der Waals surface area contributed by atoms with E-state index < -0.39 is 11.0 Å². The summed E-state index contributed by atoms with van der Waals surface area (Å²) in [5.74, 6) is 1.12. The zero-order valence-electron chi connectivity index (χ0n) is 12.0. The van der Waals surface area contributed by atoms with Crippen LogP contribution in [0.4, 0.5) is 0 Å². The van der Waals surface area contributed by atoms with Crippen LogP contribution in [0.5, 0.6) is 5.75 Å². The molecule has 1 aromatic rings. The normalized spacial score (nSPS) is 28.4. The first-order valence-electron chi connectivity index (χ1n) is 7.31. The van der Waals surface area contributed by atoms with Crippen LogP contribution in [0.1, 0.15) is 24.8 Å². The average molecular weight is 277 g/mol. The van der Waals surface area contributed by atoms with Gasteiger partial charge in [0.25, 0.3) is 0 Å². The van der Waals surface area contributed by atoms with Crippen molar-refractivity contribution in [3.63, 3.8) is 0 Å². The molecule has 0 bridgehead atoms. The number of methoxy groups -OCH3 is 1. The zero-order valence-corrected chi connectivity index (χ0v) is 12.0. The minimum atomic E-state index is -0.906. The average Bonchev–Trinajstić information content (AvgIpc) is 3.31. The largest absolute Gasteiger partial charge is 0.493 e. The Labute approximate surface area is 119 Å². The molecule has 0 aromatic heterocycles. The van der Waals surface area contributed by atoms with Crippen LogP contribution in [-0.2, 0) is 10.2 Å². The second-order valence-corrected chi connectivity index (χ2v) is 6.01. The lowest BCUT2D eigenvalue weighted by atomic mass is 9.62. The third-order valence-corrected chi connectivity index (χ3v) is 4.98. The third-order valence-electron chi connectivity index (χ3n) is 4.98. The molecule has 0 amide bonds. The molecule has 2 unspecified atom stereocenters. The highest BCUT2D eigenvalue weighted by atomic mass is 16.5. The van der Waals surface area contributed by atoms with Gasteiger partial charge in [0.2, 0.25) is 0 Å². The van der Waals surface area contributed by atoms with E-state index in [1.165, 1.54) is 0 Å². The minimum absolute atomic E-state index is 0.275. The van der Waals surface area contributed by atoms with Crippen molar-refractivity contribution in [3.05, 3.63) is 29.8 Å². The van der Waals surface area contributed by atoms with Gasteiger partial charge in [-0.3, -0.25) is 0 Å². The summed E-state index contributed by atoms with van der Waals surface area (Å²) in [5, 5.41) is 11.4. The minimum Gasteiger partial charge on any atom is -0.493 e. The lowest BCUT2D eigenvalue weighted by Crippen LogP contribution is -2.61. The Balaban J connectivity index is 2.11. The molecule has 4 heteroatoms. The third kappa shape index (κ3) is 1.86. The number of rotatable bonds is 5. The van der Waals surface area contributed by atoms with E-state index in [2.05, 4.69) is 0 Å². The van der Waals surface area contributed by atoms with Crippen LogP contribution < -0.4 is 10.5 Å². The van der Waals surface area contributed by atoms with Gasteiger partial charge in [-0.2, -0.15) is 0 Å². The lowest BCUT2D eigenvalue weighted by Gasteiger charge is -2.49. The summed E-state index contributed by atoms with van der Waals surface area (Å²) in [6, 6.07) is 7.93. The molecule has 0 saturated heterocycles. The molecule has 0 spiro atoms. The zero-order chi connectivity index (χ0) is 14.2. The summed E-state index contributed by atoms with van der Waals surface area (Å²) in [7, 11) is 1.64. The van der Waals surface area contributed by atoms with Gasteiger partial charge in [-0.15, -0.1) is 0 Å². The molecule has 3 N–H and O–H groups in total. The Morgan fingerprint density at radius 2 is 2.20 bits per heavy atom. The van der Waals surface area contributed by atoms with Crippen molar-refractivity contribution in [1.82, 2.24) is 0 Å². The van der Waals surface area contributed by atoms with Crippen molar-refractivity contribution in [2.24, 2.45) is 11.7 Å². The van der Waals surface area contributed by atoms with Crippen molar-refractivity contribution in [1.29, 1.82) is 0 Å². The van der Waals surface area contributed by atoms with Gasteiger partial charge in [-0.25, -0.2) is 0 Å². The van der Waals surface area contributed by atoms with E-state index in [0.717, 1.165) is 30.6 Å². The fourth-order valence-corrected chi connectivity index (χ4v) is 3.72. The molecular formula is C16H23NO3. The second kappa shape index (κ2) is 5.02. The van der Waals surface area contributed by atoms with Crippen molar-refractivity contribution in [3.8, 4) is 5.75 Å². The monoisotopic (exact) mass is 277 g/mol. The van der Waals surface area contributed by atoms with E-state index in [4.69, 9.17) is 15.2 Å². The van der Waals surface area contributed by atoms with Gasteiger partial charge >= 0.3 is 0 Å². The number of ether oxygens (including phenoxy) is 2. The molecule has 0 radical (unpaired) electrons. The maximum atomic E-state index is 11.4. The molecule has 2 atom stereocenters. The SMILES string of the molecule is COCC(O)(C1CC1)C1(CN)CCOc2ccccc21. The smallest absolute Gasteiger partial charge is 0.123 e. The van der Waals surface area contributed by atoms with E-state index in [1.807, 2.05) is 24.3 Å². The first-order valence-corrected chi connectivity index (χ1v) is 7.31. The van der Waals surface area contributed by atoms with Crippen LogP contribution in [0.3, 0.4) is 0 Å². The molecule has 1 heterocycles. The predicted octanol–water partition coefficient (Wildman–Crippen LogP) is 1.45. The Hall–Kier alpha value is -1.10. The first kappa shape index (κ1) is 13.9. The summed E-state index contributed by atoms with van der Waals surface area (Å²) in [6.07, 6.45) is 2.83. The quantitative estimate of drug-likeness (QED) is 0.855. The molecule has 2 aliphatic rings. The lowest BCUT2D eigenvalue weighted by molar-refractivity contribution is -0.114. The van der Waals surface area contributed by atoms with Crippen molar-refractivity contribution in [2.45, 2.75) is 30.3 Å². The van der Waals surface area contributed by atoms with Crippen molar-refractivity contribution < 1.29 is 14.6 Å². The number of para-hydroxylation sites is 1. The number of hydrogen-bond donors (Lipinski definition) is 2. The first-order chi connectivity index (χ1) is 9.68. The summed E-state index contributed by atoms with van der Waals surface area (Å²) in [5.41, 5.74) is 5.81. The fourth-order valence-electron chi connectivity index (χ4n) is 3.72. The second-order valence-electron chi connectivity index (χ2n) is 6.01. The standard InChI is InChI=1S/C16H23NO3/c1-19-11-16(18,12-6-7-12)15(10-17)8-9-20-14-5-3-2-4-13(14)15/h2-5,12,18H,6-11,17H2,1H3. The van der Waals surface area contributed by atoms with Gasteiger partial charge < -0.3 is 20.3 Å². The summed E-state index contributed by atoms with van der Waals surface area (Å²) >= 11 is 0. The molecule has 1 fully saturated rings. The van der Waals surface area contributed by atoms with Gasteiger partial charge in [-0.05, 0) is 31.2 Å². The maximum absolute atomic E-state index is 11.4. The van der Waals surface area contributed by atoms with Crippen molar-refractivity contribution in [2.75, 3.05) is 26.9 Å². The van der Waals surface area contributed by atoms with Gasteiger partial charge in [0, 0.05) is 24.6 Å². The topological polar surface area (TPSA) is 64.7 Å². The Kier molecular flexibility index (Phi) is 3.48. The molecule has 3 rings (SSSR count). The maximum Gasteiger partial charge on any atom is 0.123 e. The van der Waals surface area contributed by atoms with E-state index in [-0.39, 0.29) is 5.92 Å². The molecule has 4 nitrogen and oxygen atoms in total. The number of hydrogen-bond acceptors (Lipinski definition) is 4. The number of benzene rings is 1. The van der Waals surface area contributed by atoms with Crippen molar-refractivity contribution >= 4 is 0 Å². The summed E-state index contributed by atoms with van der Waals surface area (Å²) in [6.45, 7) is 1.32. The molecule has 1 saturated carbocycles. The van der Waals surface area contributed by atoms with E-state index in [9.17, 15) is 5.11 Å². The van der Waals surface area contributed by atoms with Gasteiger partial charge in [-0.1, -0.05) is 18.2 Å². The highest BCUT2D eigenvalue weighted by Gasteiger charge is 2.59. The Morgan fingerprint density at radius 3 is 2.85 bits per heavy atom. The fraction of sp³-hybridized carbons (Fsp3) is 0.625. The predicted molar refractivity (Wildman–Crippen MR) is 76.8 cm³/mol. The van der Waals surface area contributed by atoms with Gasteiger partial charge in [0.15, 0.2) is 0 Å². The molecule has 110 valence electrons. The molecular weight excluding hydrogens is 254 g/mol. The number of aliphatic hydroxyl groups is 1. The van der Waals surface area contributed by atoms with Gasteiger partial charge in [0.05, 0.1) is 13.2 Å². The van der Waals surface area contributed by atoms with Crippen LogP contribution >= 0.6 is 0 Å².